The van der Waals surface area contributed by atoms with Gasteiger partial charge in [0, 0.05) is 24.2 Å². The van der Waals surface area contributed by atoms with Crippen molar-refractivity contribution in [1.29, 1.82) is 0 Å². The first kappa shape index (κ1) is 20.7. The van der Waals surface area contributed by atoms with Gasteiger partial charge in [-0.2, -0.15) is 0 Å². The second kappa shape index (κ2) is 6.19. The Balaban J connectivity index is 1.65. The average molecular weight is 432 g/mol. The minimum Gasteiger partial charge on any atom is -0.454 e. The van der Waals surface area contributed by atoms with Gasteiger partial charge in [0.15, 0.2) is 0 Å². The van der Waals surface area contributed by atoms with Gasteiger partial charge < -0.3 is 24.4 Å². The van der Waals surface area contributed by atoms with Crippen LogP contribution in [0.4, 0.5) is 0 Å². The molecule has 5 aliphatic rings. The van der Waals surface area contributed by atoms with E-state index in [2.05, 4.69) is 6.58 Å². The van der Waals surface area contributed by atoms with E-state index < -0.39 is 64.7 Å². The van der Waals surface area contributed by atoms with Gasteiger partial charge in [0.25, 0.3) is 0 Å². The van der Waals surface area contributed by atoms with Crippen molar-refractivity contribution in [3.63, 3.8) is 0 Å². The second-order valence-electron chi connectivity index (χ2n) is 10.3. The number of aliphatic hydroxyl groups excluding tert-OH is 1. The van der Waals surface area contributed by atoms with Crippen LogP contribution < -0.4 is 0 Å². The lowest BCUT2D eigenvalue weighted by atomic mass is 9.56. The molecule has 4 fully saturated rings. The Morgan fingerprint density at radius 1 is 1.32 bits per heavy atom. The number of ether oxygens (including phenoxy) is 3. The molecule has 8 nitrogen and oxygen atoms in total. The zero-order valence-corrected chi connectivity index (χ0v) is 17.8. The van der Waals surface area contributed by atoms with Crippen LogP contribution in [0.3, 0.4) is 0 Å². The third-order valence-corrected chi connectivity index (χ3v) is 8.80. The van der Waals surface area contributed by atoms with Crippen LogP contribution in [0, 0.1) is 28.6 Å². The van der Waals surface area contributed by atoms with Crippen molar-refractivity contribution in [1.82, 2.24) is 0 Å². The van der Waals surface area contributed by atoms with Crippen molar-refractivity contribution in [2.75, 3.05) is 6.79 Å². The molecule has 1 heterocycles. The zero-order valence-electron chi connectivity index (χ0n) is 17.8. The number of hydrogen-bond acceptors (Lipinski definition) is 8. The fourth-order valence-electron chi connectivity index (χ4n) is 7.72. The molecule has 2 N–H and O–H groups in total. The normalized spacial score (nSPS) is 49.2. The molecule has 8 atom stereocenters. The molecule has 3 saturated carbocycles. The molecule has 4 aliphatic carbocycles. The molecule has 0 aromatic rings. The summed E-state index contributed by atoms with van der Waals surface area (Å²) in [7, 11) is 0. The number of esters is 3. The van der Waals surface area contributed by atoms with Gasteiger partial charge in [-0.25, -0.2) is 0 Å². The summed E-state index contributed by atoms with van der Waals surface area (Å²) in [5.41, 5.74) is -3.10. The van der Waals surface area contributed by atoms with Crippen molar-refractivity contribution in [3.8, 4) is 0 Å². The summed E-state index contributed by atoms with van der Waals surface area (Å²) >= 11 is 0. The number of carbonyl (C=O) groups excluding carboxylic acids is 3. The zero-order chi connectivity index (χ0) is 22.4. The predicted molar refractivity (Wildman–Crippen MR) is 105 cm³/mol. The van der Waals surface area contributed by atoms with Gasteiger partial charge in [0.05, 0.1) is 24.0 Å². The number of carbonyl (C=O) groups is 3. The van der Waals surface area contributed by atoms with Crippen LogP contribution in [0.1, 0.15) is 46.0 Å². The first-order valence-corrected chi connectivity index (χ1v) is 10.8. The molecule has 0 aromatic heterocycles. The molecule has 8 heteroatoms. The van der Waals surface area contributed by atoms with E-state index >= 15 is 0 Å². The van der Waals surface area contributed by atoms with Crippen molar-refractivity contribution < 1.29 is 38.8 Å². The third-order valence-electron chi connectivity index (χ3n) is 8.80. The molecule has 0 amide bonds. The Bertz CT molecular complexity index is 925. The molecule has 1 unspecified atom stereocenters. The van der Waals surface area contributed by atoms with Crippen LogP contribution in [0.2, 0.25) is 0 Å². The van der Waals surface area contributed by atoms with E-state index in [9.17, 15) is 24.6 Å². The summed E-state index contributed by atoms with van der Waals surface area (Å²) in [6.07, 6.45) is 4.26. The lowest BCUT2D eigenvalue weighted by Gasteiger charge is -2.55. The van der Waals surface area contributed by atoms with Gasteiger partial charge in [-0.1, -0.05) is 19.6 Å². The highest BCUT2D eigenvalue weighted by Crippen LogP contribution is 2.76. The predicted octanol–water partition coefficient (Wildman–Crippen LogP) is 1.40. The smallest absolute Gasteiger partial charge is 0.312 e. The van der Waals surface area contributed by atoms with Crippen molar-refractivity contribution in [3.05, 3.63) is 24.3 Å². The van der Waals surface area contributed by atoms with Gasteiger partial charge >= 0.3 is 17.9 Å². The van der Waals surface area contributed by atoms with Gasteiger partial charge in [-0.15, -0.1) is 0 Å². The molecule has 0 aromatic carbocycles. The highest BCUT2D eigenvalue weighted by molar-refractivity contribution is 5.79. The Hall–Kier alpha value is -2.19. The Morgan fingerprint density at radius 3 is 2.77 bits per heavy atom. The monoisotopic (exact) mass is 432 g/mol. The topological polar surface area (TPSA) is 119 Å². The summed E-state index contributed by atoms with van der Waals surface area (Å²) in [5, 5.41) is 22.1. The van der Waals surface area contributed by atoms with Crippen molar-refractivity contribution >= 4 is 17.9 Å². The number of hydrogen-bond donors (Lipinski definition) is 2. The molecule has 4 bridgehead atoms. The summed E-state index contributed by atoms with van der Waals surface area (Å²) < 4.78 is 16.2. The molecule has 0 radical (unpaired) electrons. The van der Waals surface area contributed by atoms with Gasteiger partial charge in [-0.05, 0) is 42.7 Å². The Morgan fingerprint density at radius 2 is 2.06 bits per heavy atom. The largest absolute Gasteiger partial charge is 0.454 e. The standard InChI is InChI=1S/C23H28O8/c1-12-8-21-10-22(12,28)6-4-14(21)23-7-5-15(25)20(3,9-16(26)31-23)18(23)17(21)19(27)30-11-29-13(2)24/h5,7,14-15,17-18,25,28H,1,4,6,8-11H2,2-3H3/t14-,15+,17-,18?,20+,21+,22+,23-/m1/s1. The molecule has 1 aliphatic heterocycles. The first-order valence-electron chi connectivity index (χ1n) is 10.8. The highest BCUT2D eigenvalue weighted by Gasteiger charge is 2.80. The van der Waals surface area contributed by atoms with E-state index in [1.54, 1.807) is 12.2 Å². The first-order chi connectivity index (χ1) is 14.5. The lowest BCUT2D eigenvalue weighted by molar-refractivity contribution is -0.207. The minimum absolute atomic E-state index is 0.0212. The van der Waals surface area contributed by atoms with Crippen molar-refractivity contribution in [2.45, 2.75) is 63.3 Å². The van der Waals surface area contributed by atoms with E-state index in [1.807, 2.05) is 6.92 Å². The molecule has 5 rings (SSSR count). The molecule has 1 spiro atoms. The second-order valence-corrected chi connectivity index (χ2v) is 10.3. The lowest BCUT2D eigenvalue weighted by Crippen LogP contribution is -2.61. The van der Waals surface area contributed by atoms with Crippen LogP contribution in [0.25, 0.3) is 0 Å². The Kier molecular flexibility index (Phi) is 4.14. The number of fused-ring (bicyclic) bond motifs is 1. The number of rotatable bonds is 3. The van der Waals surface area contributed by atoms with Gasteiger partial charge in [0.2, 0.25) is 6.79 Å². The van der Waals surface area contributed by atoms with Crippen LogP contribution in [-0.4, -0.2) is 52.2 Å². The fraction of sp³-hybridized carbons (Fsp3) is 0.696. The SMILES string of the molecule is C=C1C[C@]23C[C@@]1(O)CC[C@H]2[C@@]12C=C[C@H](O)[C@](C)(CC(=O)O1)C2[C@@H]3C(=O)OCOC(C)=O. The minimum atomic E-state index is -1.07. The maximum atomic E-state index is 13.5. The summed E-state index contributed by atoms with van der Waals surface area (Å²) in [4.78, 5) is 37.3. The van der Waals surface area contributed by atoms with E-state index in [-0.39, 0.29) is 12.3 Å². The number of aliphatic hydroxyl groups is 2. The molecular weight excluding hydrogens is 404 g/mol. The average Bonchev–Trinajstić information content (AvgIpc) is 3.02. The van der Waals surface area contributed by atoms with Crippen molar-refractivity contribution in [2.24, 2.45) is 28.6 Å². The van der Waals surface area contributed by atoms with E-state index in [1.165, 1.54) is 6.92 Å². The summed E-state index contributed by atoms with van der Waals surface area (Å²) in [6, 6.07) is 0. The van der Waals surface area contributed by atoms with Gasteiger partial charge in [-0.3, -0.25) is 14.4 Å². The van der Waals surface area contributed by atoms with E-state index in [0.29, 0.717) is 31.3 Å². The summed E-state index contributed by atoms with van der Waals surface area (Å²) in [6.45, 7) is 6.64. The van der Waals surface area contributed by atoms with Crippen LogP contribution in [0.15, 0.2) is 24.3 Å². The molecular formula is C23H28O8. The Labute approximate surface area is 180 Å². The molecule has 168 valence electrons. The molecule has 1 saturated heterocycles. The van der Waals surface area contributed by atoms with Gasteiger partial charge in [0.1, 0.15) is 5.60 Å². The fourth-order valence-corrected chi connectivity index (χ4v) is 7.72. The maximum Gasteiger partial charge on any atom is 0.312 e. The maximum absolute atomic E-state index is 13.5. The molecule has 31 heavy (non-hydrogen) atoms. The highest BCUT2D eigenvalue weighted by atomic mass is 16.7. The van der Waals surface area contributed by atoms with Crippen LogP contribution in [-0.2, 0) is 28.6 Å². The quantitative estimate of drug-likeness (QED) is 0.390. The van der Waals surface area contributed by atoms with E-state index in [0.717, 1.165) is 0 Å². The van der Waals surface area contributed by atoms with Crippen LogP contribution in [0.5, 0.6) is 0 Å². The van der Waals surface area contributed by atoms with E-state index in [4.69, 9.17) is 14.2 Å². The van der Waals surface area contributed by atoms with Crippen LogP contribution >= 0.6 is 0 Å². The third kappa shape index (κ3) is 2.46. The summed E-state index contributed by atoms with van der Waals surface area (Å²) in [5.74, 6) is -3.03.